The Bertz CT molecular complexity index is 587. The summed E-state index contributed by atoms with van der Waals surface area (Å²) >= 11 is 0. The minimum Gasteiger partial charge on any atom is -0.354 e. The molecule has 1 heterocycles. The van der Waals surface area contributed by atoms with Gasteiger partial charge >= 0.3 is 0 Å². The zero-order chi connectivity index (χ0) is 14.2. The molecule has 1 saturated carbocycles. The fourth-order valence-electron chi connectivity index (χ4n) is 2.08. The zero-order valence-electron chi connectivity index (χ0n) is 10.9. The Kier molecular flexibility index (Phi) is 3.66. The molecule has 0 radical (unpaired) electrons. The predicted molar refractivity (Wildman–Crippen MR) is 70.1 cm³/mol. The number of sulfonamides is 1. The van der Waals surface area contributed by atoms with E-state index in [0.717, 1.165) is 0 Å². The molecule has 1 aliphatic rings. The molecule has 19 heavy (non-hydrogen) atoms. The van der Waals surface area contributed by atoms with E-state index >= 15 is 0 Å². The van der Waals surface area contributed by atoms with Crippen LogP contribution in [0.2, 0.25) is 0 Å². The number of carbonyl (C=O) groups excluding carboxylic acids is 1. The van der Waals surface area contributed by atoms with Crippen LogP contribution in [-0.2, 0) is 17.1 Å². The van der Waals surface area contributed by atoms with Crippen LogP contribution in [-0.4, -0.2) is 38.0 Å². The van der Waals surface area contributed by atoms with Crippen molar-refractivity contribution in [1.29, 1.82) is 0 Å². The molecular formula is C11H18N4O3S. The van der Waals surface area contributed by atoms with Gasteiger partial charge in [-0.25, -0.2) is 13.1 Å². The monoisotopic (exact) mass is 286 g/mol. The van der Waals surface area contributed by atoms with E-state index in [1.165, 1.54) is 23.9 Å². The van der Waals surface area contributed by atoms with E-state index in [4.69, 9.17) is 5.73 Å². The number of nitrogens with zero attached hydrogens (tertiary/aromatic N) is 1. The van der Waals surface area contributed by atoms with Crippen molar-refractivity contribution in [1.82, 2.24) is 14.6 Å². The summed E-state index contributed by atoms with van der Waals surface area (Å²) in [5.74, 6) is -0.324. The molecule has 1 aromatic rings. The second-order valence-corrected chi connectivity index (χ2v) is 6.51. The van der Waals surface area contributed by atoms with E-state index < -0.39 is 10.0 Å². The van der Waals surface area contributed by atoms with Crippen LogP contribution >= 0.6 is 0 Å². The highest BCUT2D eigenvalue weighted by atomic mass is 32.2. The van der Waals surface area contributed by atoms with Crippen molar-refractivity contribution < 1.29 is 13.2 Å². The first-order chi connectivity index (χ1) is 8.83. The summed E-state index contributed by atoms with van der Waals surface area (Å²) in [6.07, 6.45) is 2.72. The molecule has 0 aliphatic heterocycles. The average molecular weight is 286 g/mol. The minimum atomic E-state index is -3.59. The number of rotatable bonds is 4. The van der Waals surface area contributed by atoms with Gasteiger partial charge in [0.2, 0.25) is 10.0 Å². The third-order valence-corrected chi connectivity index (χ3v) is 4.73. The highest BCUT2D eigenvalue weighted by Crippen LogP contribution is 2.21. The van der Waals surface area contributed by atoms with Crippen molar-refractivity contribution in [3.8, 4) is 0 Å². The molecule has 4 N–H and O–H groups in total. The number of carbonyl (C=O) groups is 1. The van der Waals surface area contributed by atoms with Crippen molar-refractivity contribution >= 4 is 15.9 Å². The molecule has 0 aromatic carbocycles. The van der Waals surface area contributed by atoms with Gasteiger partial charge in [0, 0.05) is 32.4 Å². The summed E-state index contributed by atoms with van der Waals surface area (Å²) in [6.45, 7) is 0. The summed E-state index contributed by atoms with van der Waals surface area (Å²) in [4.78, 5) is 11.6. The summed E-state index contributed by atoms with van der Waals surface area (Å²) in [5.41, 5.74) is 5.92. The topological polar surface area (TPSA) is 106 Å². The van der Waals surface area contributed by atoms with E-state index in [2.05, 4.69) is 10.0 Å². The molecule has 0 bridgehead atoms. The molecule has 106 valence electrons. The van der Waals surface area contributed by atoms with Crippen LogP contribution in [0, 0.1) is 0 Å². The number of aryl methyl sites for hydroxylation is 1. The average Bonchev–Trinajstić information content (AvgIpc) is 2.69. The molecule has 1 aliphatic carbocycles. The van der Waals surface area contributed by atoms with Gasteiger partial charge in [-0.1, -0.05) is 0 Å². The quantitative estimate of drug-likeness (QED) is 0.670. The molecular weight excluding hydrogens is 268 g/mol. The van der Waals surface area contributed by atoms with Crippen LogP contribution in [0.15, 0.2) is 17.2 Å². The Labute approximate surface area is 112 Å². The van der Waals surface area contributed by atoms with E-state index in [9.17, 15) is 13.2 Å². The second-order valence-electron chi connectivity index (χ2n) is 4.80. The zero-order valence-corrected chi connectivity index (χ0v) is 11.7. The van der Waals surface area contributed by atoms with E-state index in [1.807, 2.05) is 0 Å². The SMILES string of the molecule is CNC(=O)c1cc(S(=O)(=O)NC2CC(N)C2)cn1C. The Morgan fingerprint density at radius 2 is 2.11 bits per heavy atom. The lowest BCUT2D eigenvalue weighted by Crippen LogP contribution is -2.50. The third kappa shape index (κ3) is 2.80. The number of hydrogen-bond acceptors (Lipinski definition) is 4. The molecule has 0 unspecified atom stereocenters. The predicted octanol–water partition coefficient (Wildman–Crippen LogP) is -0.847. The van der Waals surface area contributed by atoms with Gasteiger partial charge in [-0.3, -0.25) is 4.79 Å². The van der Waals surface area contributed by atoms with Gasteiger partial charge in [-0.05, 0) is 18.9 Å². The highest BCUT2D eigenvalue weighted by Gasteiger charge is 2.31. The second kappa shape index (κ2) is 4.95. The number of nitrogens with one attached hydrogen (secondary N) is 2. The lowest BCUT2D eigenvalue weighted by molar-refractivity contribution is 0.0955. The Morgan fingerprint density at radius 1 is 1.47 bits per heavy atom. The number of aromatic nitrogens is 1. The summed E-state index contributed by atoms with van der Waals surface area (Å²) in [5, 5.41) is 2.46. The summed E-state index contributed by atoms with van der Waals surface area (Å²) < 4.78 is 28.3. The fraction of sp³-hybridized carbons (Fsp3) is 0.545. The van der Waals surface area contributed by atoms with Crippen LogP contribution < -0.4 is 15.8 Å². The van der Waals surface area contributed by atoms with Crippen molar-refractivity contribution in [2.24, 2.45) is 12.8 Å². The Balaban J connectivity index is 2.19. The van der Waals surface area contributed by atoms with Crippen LogP contribution in [0.1, 0.15) is 23.3 Å². The van der Waals surface area contributed by atoms with Crippen molar-refractivity contribution in [2.75, 3.05) is 7.05 Å². The molecule has 1 amide bonds. The maximum Gasteiger partial charge on any atom is 0.267 e. The largest absolute Gasteiger partial charge is 0.354 e. The van der Waals surface area contributed by atoms with E-state index in [1.54, 1.807) is 7.05 Å². The maximum atomic E-state index is 12.1. The highest BCUT2D eigenvalue weighted by molar-refractivity contribution is 7.89. The number of nitrogens with two attached hydrogens (primary N) is 1. The maximum absolute atomic E-state index is 12.1. The summed E-state index contributed by atoms with van der Waals surface area (Å²) in [7, 11) is -0.468. The van der Waals surface area contributed by atoms with Gasteiger partial charge in [0.15, 0.2) is 0 Å². The van der Waals surface area contributed by atoms with Crippen LogP contribution in [0.25, 0.3) is 0 Å². The van der Waals surface area contributed by atoms with Crippen LogP contribution in [0.3, 0.4) is 0 Å². The molecule has 7 nitrogen and oxygen atoms in total. The first-order valence-corrected chi connectivity index (χ1v) is 7.48. The minimum absolute atomic E-state index is 0.0740. The normalized spacial score (nSPS) is 22.9. The van der Waals surface area contributed by atoms with Gasteiger partial charge in [0.05, 0.1) is 0 Å². The summed E-state index contributed by atoms with van der Waals surface area (Å²) in [6, 6.07) is 1.33. The number of amides is 1. The standard InChI is InChI=1S/C11H18N4O3S/c1-13-11(16)10-5-9(6-15(10)2)19(17,18)14-8-3-7(12)4-8/h5-8,14H,3-4,12H2,1-2H3,(H,13,16). The molecule has 0 atom stereocenters. The molecule has 0 spiro atoms. The van der Waals surface area contributed by atoms with Gasteiger partial charge in [-0.15, -0.1) is 0 Å². The first kappa shape index (κ1) is 14.0. The Morgan fingerprint density at radius 3 is 2.63 bits per heavy atom. The molecule has 1 fully saturated rings. The fourth-order valence-corrected chi connectivity index (χ4v) is 3.41. The van der Waals surface area contributed by atoms with Crippen LogP contribution in [0.4, 0.5) is 0 Å². The first-order valence-electron chi connectivity index (χ1n) is 6.00. The van der Waals surface area contributed by atoms with Gasteiger partial charge in [0.25, 0.3) is 5.91 Å². The van der Waals surface area contributed by atoms with E-state index in [0.29, 0.717) is 18.5 Å². The van der Waals surface area contributed by atoms with E-state index in [-0.39, 0.29) is 22.9 Å². The molecule has 1 aromatic heterocycles. The Hall–Kier alpha value is -1.38. The third-order valence-electron chi connectivity index (χ3n) is 3.25. The molecule has 2 rings (SSSR count). The van der Waals surface area contributed by atoms with Gasteiger partial charge in [-0.2, -0.15) is 0 Å². The lowest BCUT2D eigenvalue weighted by atomic mass is 9.89. The van der Waals surface area contributed by atoms with Crippen molar-refractivity contribution in [3.05, 3.63) is 18.0 Å². The molecule has 8 heteroatoms. The van der Waals surface area contributed by atoms with Crippen molar-refractivity contribution in [2.45, 2.75) is 29.8 Å². The van der Waals surface area contributed by atoms with Crippen molar-refractivity contribution in [3.63, 3.8) is 0 Å². The van der Waals surface area contributed by atoms with Gasteiger partial charge in [0.1, 0.15) is 10.6 Å². The smallest absolute Gasteiger partial charge is 0.267 e. The lowest BCUT2D eigenvalue weighted by Gasteiger charge is -2.32. The molecule has 0 saturated heterocycles. The van der Waals surface area contributed by atoms with Gasteiger partial charge < -0.3 is 15.6 Å². The number of hydrogen-bond donors (Lipinski definition) is 3. The van der Waals surface area contributed by atoms with Crippen LogP contribution in [0.5, 0.6) is 0 Å².